The van der Waals surface area contributed by atoms with Gasteiger partial charge in [0, 0.05) is 5.75 Å². The number of rotatable bonds is 5. The molecule has 2 aromatic carbocycles. The van der Waals surface area contributed by atoms with Gasteiger partial charge < -0.3 is 10.5 Å². The van der Waals surface area contributed by atoms with E-state index in [-0.39, 0.29) is 10.9 Å². The molecule has 0 fully saturated rings. The summed E-state index contributed by atoms with van der Waals surface area (Å²) in [5.74, 6) is 1.22. The van der Waals surface area contributed by atoms with Crippen molar-refractivity contribution < 1.29 is 17.9 Å². The molecule has 2 N–H and O–H groups in total. The molecule has 0 unspecified atom stereocenters. The fourth-order valence-corrected chi connectivity index (χ4v) is 2.44. The number of aliphatic imine (C=N–C) groups is 1. The van der Waals surface area contributed by atoms with Crippen LogP contribution in [0.3, 0.4) is 0 Å². The monoisotopic (exact) mass is 354 g/mol. The van der Waals surface area contributed by atoms with E-state index in [4.69, 9.17) is 10.5 Å². The lowest BCUT2D eigenvalue weighted by Crippen LogP contribution is -2.11. The molecule has 0 aromatic heterocycles. The number of hydrogen-bond acceptors (Lipinski definition) is 3. The molecule has 0 saturated carbocycles. The van der Waals surface area contributed by atoms with E-state index in [1.165, 1.54) is 18.2 Å². The van der Waals surface area contributed by atoms with Gasteiger partial charge in [-0.1, -0.05) is 41.6 Å². The Bertz CT molecular complexity index is 700. The van der Waals surface area contributed by atoms with Gasteiger partial charge in [-0.25, -0.2) is 4.99 Å². The SMILES string of the molecule is Cc1ccc(OCCSC(N)=Nc2ccccc2C(F)(F)F)cc1. The molecule has 2 rings (SSSR count). The number of nitrogens with zero attached hydrogens (tertiary/aromatic N) is 1. The molecule has 0 aliphatic carbocycles. The summed E-state index contributed by atoms with van der Waals surface area (Å²) < 4.78 is 44.2. The molecule has 24 heavy (non-hydrogen) atoms. The first kappa shape index (κ1) is 18.2. The molecule has 0 radical (unpaired) electrons. The second kappa shape index (κ2) is 8.10. The Kier molecular flexibility index (Phi) is 6.14. The number of thioether (sulfide) groups is 1. The maximum absolute atomic E-state index is 12.9. The van der Waals surface area contributed by atoms with Crippen molar-refractivity contribution >= 4 is 22.6 Å². The molecule has 0 aliphatic rings. The van der Waals surface area contributed by atoms with Gasteiger partial charge in [0.15, 0.2) is 5.17 Å². The largest absolute Gasteiger partial charge is 0.493 e. The standard InChI is InChI=1S/C17H17F3N2OS/c1-12-6-8-13(9-7-12)23-10-11-24-16(21)22-15-5-3-2-4-14(15)17(18,19)20/h2-9H,10-11H2,1H3,(H2,21,22). The van der Waals surface area contributed by atoms with Gasteiger partial charge in [-0.3, -0.25) is 0 Å². The summed E-state index contributed by atoms with van der Waals surface area (Å²) in [6.45, 7) is 2.36. The van der Waals surface area contributed by atoms with Crippen LogP contribution in [0.25, 0.3) is 0 Å². The van der Waals surface area contributed by atoms with Crippen molar-refractivity contribution in [2.45, 2.75) is 13.1 Å². The van der Waals surface area contributed by atoms with Crippen LogP contribution in [-0.2, 0) is 6.18 Å². The number of amidine groups is 1. The zero-order valence-corrected chi connectivity index (χ0v) is 13.8. The third-order valence-electron chi connectivity index (χ3n) is 3.06. The van der Waals surface area contributed by atoms with Crippen LogP contribution in [0.1, 0.15) is 11.1 Å². The van der Waals surface area contributed by atoms with Crippen LogP contribution >= 0.6 is 11.8 Å². The number of benzene rings is 2. The highest BCUT2D eigenvalue weighted by Crippen LogP contribution is 2.36. The van der Waals surface area contributed by atoms with Crippen LogP contribution < -0.4 is 10.5 Å². The van der Waals surface area contributed by atoms with Crippen LogP contribution in [0.5, 0.6) is 5.75 Å². The summed E-state index contributed by atoms with van der Waals surface area (Å²) in [7, 11) is 0. The van der Waals surface area contributed by atoms with E-state index in [1.807, 2.05) is 31.2 Å². The number of aryl methyl sites for hydroxylation is 1. The van der Waals surface area contributed by atoms with Crippen LogP contribution in [0, 0.1) is 6.92 Å². The molecule has 0 bridgehead atoms. The van der Waals surface area contributed by atoms with Gasteiger partial charge in [0.2, 0.25) is 0 Å². The number of nitrogens with two attached hydrogens (primary N) is 1. The Hall–Kier alpha value is -2.15. The van der Waals surface area contributed by atoms with E-state index >= 15 is 0 Å². The highest BCUT2D eigenvalue weighted by Gasteiger charge is 2.33. The zero-order valence-electron chi connectivity index (χ0n) is 13.0. The summed E-state index contributed by atoms with van der Waals surface area (Å²) in [6.07, 6.45) is -4.46. The van der Waals surface area contributed by atoms with Crippen molar-refractivity contribution in [3.05, 3.63) is 59.7 Å². The van der Waals surface area contributed by atoms with E-state index in [9.17, 15) is 13.2 Å². The lowest BCUT2D eigenvalue weighted by atomic mass is 10.2. The number of ether oxygens (including phenoxy) is 1. The zero-order chi connectivity index (χ0) is 17.6. The van der Waals surface area contributed by atoms with Crippen LogP contribution in [0.4, 0.5) is 18.9 Å². The number of halogens is 3. The Morgan fingerprint density at radius 2 is 1.79 bits per heavy atom. The average Bonchev–Trinajstić information content (AvgIpc) is 2.53. The molecule has 128 valence electrons. The molecule has 0 aliphatic heterocycles. The Labute approximate surface area is 142 Å². The Morgan fingerprint density at radius 3 is 2.46 bits per heavy atom. The quantitative estimate of drug-likeness (QED) is 0.478. The first-order valence-electron chi connectivity index (χ1n) is 7.19. The van der Waals surface area contributed by atoms with Crippen molar-refractivity contribution in [3.8, 4) is 5.75 Å². The second-order valence-electron chi connectivity index (χ2n) is 4.97. The smallest absolute Gasteiger partial charge is 0.418 e. The van der Waals surface area contributed by atoms with Gasteiger partial charge >= 0.3 is 6.18 Å². The van der Waals surface area contributed by atoms with Crippen molar-refractivity contribution in [2.24, 2.45) is 10.7 Å². The van der Waals surface area contributed by atoms with Gasteiger partial charge in [0.25, 0.3) is 0 Å². The van der Waals surface area contributed by atoms with Gasteiger partial charge in [0.1, 0.15) is 5.75 Å². The highest BCUT2D eigenvalue weighted by atomic mass is 32.2. The minimum atomic E-state index is -4.46. The predicted molar refractivity (Wildman–Crippen MR) is 91.9 cm³/mol. The molecule has 0 atom stereocenters. The topological polar surface area (TPSA) is 47.6 Å². The first-order chi connectivity index (χ1) is 11.4. The van der Waals surface area contributed by atoms with Crippen molar-refractivity contribution in [3.63, 3.8) is 0 Å². The van der Waals surface area contributed by atoms with Gasteiger partial charge in [0.05, 0.1) is 17.9 Å². The molecule has 7 heteroatoms. The molecule has 0 amide bonds. The highest BCUT2D eigenvalue weighted by molar-refractivity contribution is 8.13. The summed E-state index contributed by atoms with van der Waals surface area (Å²) in [5.41, 5.74) is 5.86. The predicted octanol–water partition coefficient (Wildman–Crippen LogP) is 4.77. The second-order valence-corrected chi connectivity index (χ2v) is 6.09. The van der Waals surface area contributed by atoms with E-state index in [1.54, 1.807) is 0 Å². The fourth-order valence-electron chi connectivity index (χ4n) is 1.90. The molecular formula is C17H17F3N2OS. The third-order valence-corrected chi connectivity index (χ3v) is 3.82. The minimum Gasteiger partial charge on any atom is -0.493 e. The molecule has 0 spiro atoms. The molecule has 0 saturated heterocycles. The number of para-hydroxylation sites is 1. The lowest BCUT2D eigenvalue weighted by molar-refractivity contribution is -0.137. The van der Waals surface area contributed by atoms with Gasteiger partial charge in [-0.15, -0.1) is 0 Å². The maximum Gasteiger partial charge on any atom is 0.418 e. The van der Waals surface area contributed by atoms with Gasteiger partial charge in [-0.2, -0.15) is 13.2 Å². The van der Waals surface area contributed by atoms with E-state index in [2.05, 4.69) is 4.99 Å². The van der Waals surface area contributed by atoms with Crippen molar-refractivity contribution in [1.82, 2.24) is 0 Å². The molecule has 0 heterocycles. The fraction of sp³-hybridized carbons (Fsp3) is 0.235. The van der Waals surface area contributed by atoms with E-state index in [0.29, 0.717) is 12.4 Å². The minimum absolute atomic E-state index is 0.0687. The van der Waals surface area contributed by atoms with E-state index in [0.717, 1.165) is 29.1 Å². The number of hydrogen-bond donors (Lipinski definition) is 1. The lowest BCUT2D eigenvalue weighted by Gasteiger charge is -2.10. The van der Waals surface area contributed by atoms with Crippen molar-refractivity contribution in [2.75, 3.05) is 12.4 Å². The van der Waals surface area contributed by atoms with Crippen LogP contribution in [0.2, 0.25) is 0 Å². The Morgan fingerprint density at radius 1 is 1.12 bits per heavy atom. The van der Waals surface area contributed by atoms with Gasteiger partial charge in [-0.05, 0) is 31.2 Å². The number of alkyl halides is 3. The van der Waals surface area contributed by atoms with Crippen molar-refractivity contribution in [1.29, 1.82) is 0 Å². The molecule has 2 aromatic rings. The summed E-state index contributed by atoms with van der Waals surface area (Å²) in [6, 6.07) is 12.7. The first-order valence-corrected chi connectivity index (χ1v) is 8.17. The van der Waals surface area contributed by atoms with Crippen LogP contribution in [0.15, 0.2) is 53.5 Å². The molecule has 3 nitrogen and oxygen atoms in total. The third kappa shape index (κ3) is 5.49. The summed E-state index contributed by atoms with van der Waals surface area (Å²) in [5, 5.41) is 0.0687. The maximum atomic E-state index is 12.9. The average molecular weight is 354 g/mol. The Balaban J connectivity index is 1.89. The molecular weight excluding hydrogens is 337 g/mol. The normalized spacial score (nSPS) is 12.2. The van der Waals surface area contributed by atoms with E-state index < -0.39 is 11.7 Å². The van der Waals surface area contributed by atoms with Crippen LogP contribution in [-0.4, -0.2) is 17.5 Å². The summed E-state index contributed by atoms with van der Waals surface area (Å²) in [4.78, 5) is 3.86. The summed E-state index contributed by atoms with van der Waals surface area (Å²) >= 11 is 1.15.